The second-order valence-electron chi connectivity index (χ2n) is 14.3. The normalized spacial score (nSPS) is 19.5. The fourth-order valence-corrected chi connectivity index (χ4v) is 6.41. The standard InChI is InChI=1S/C31H27F2N2O.C16H18N.Ir/c1-18-15-22(21-11-13-31(32,33)14-12-21)8-10-23(18)27-16-28(34-17-19(27)2)26-6-4-5-24-25-9-7-20(3)35-30(25)36-29(24)26;1-12-5-7-13(8-6-12)15-10-9-14(11-17-15)16(2,3)4;/h4-5,7-10,15-17,21H,11-14H2,1-3H3;5-7,9-11H,1-4H3;/q2*-1;/i1D3,2D3,3D3,21D;1D3;. The molecule has 54 heavy (non-hydrogen) atoms. The van der Waals surface area contributed by atoms with Gasteiger partial charge in [-0.3, -0.25) is 0 Å². The molecule has 0 bridgehead atoms. The van der Waals surface area contributed by atoms with Crippen molar-refractivity contribution in [3.8, 4) is 33.6 Å². The molecule has 279 valence electrons. The van der Waals surface area contributed by atoms with E-state index in [1.165, 1.54) is 42.0 Å². The van der Waals surface area contributed by atoms with E-state index in [1.54, 1.807) is 30.3 Å². The zero-order valence-corrected chi connectivity index (χ0v) is 32.2. The van der Waals surface area contributed by atoms with E-state index in [-0.39, 0.29) is 88.9 Å². The Hall–Kier alpha value is -4.58. The zero-order valence-electron chi connectivity index (χ0n) is 42.8. The summed E-state index contributed by atoms with van der Waals surface area (Å²) in [4.78, 5) is 13.0. The maximum atomic E-state index is 13.9. The van der Waals surface area contributed by atoms with Gasteiger partial charge in [0.25, 0.3) is 0 Å². The fourth-order valence-electron chi connectivity index (χ4n) is 6.41. The molecular weight excluding hydrogens is 853 g/mol. The molecule has 0 aliphatic heterocycles. The third-order valence-corrected chi connectivity index (χ3v) is 9.48. The van der Waals surface area contributed by atoms with Gasteiger partial charge in [-0.25, -0.2) is 13.8 Å². The van der Waals surface area contributed by atoms with Crippen LogP contribution in [-0.2, 0) is 25.5 Å². The van der Waals surface area contributed by atoms with Crippen molar-refractivity contribution in [3.63, 3.8) is 0 Å². The smallest absolute Gasteiger partial charge is 0.248 e. The van der Waals surface area contributed by atoms with Gasteiger partial charge in [0.1, 0.15) is 0 Å². The van der Waals surface area contributed by atoms with Crippen LogP contribution >= 0.6 is 0 Å². The maximum absolute atomic E-state index is 13.9. The van der Waals surface area contributed by atoms with Crippen molar-refractivity contribution < 1.29 is 51.1 Å². The summed E-state index contributed by atoms with van der Waals surface area (Å²) in [5.74, 6) is -4.30. The Labute approximate surface area is 349 Å². The molecule has 0 N–H and O–H groups in total. The molecule has 1 radical (unpaired) electrons. The van der Waals surface area contributed by atoms with Crippen LogP contribution < -0.4 is 0 Å². The van der Waals surface area contributed by atoms with E-state index in [4.69, 9.17) is 22.2 Å². The quantitative estimate of drug-likeness (QED) is 0.165. The molecule has 0 spiro atoms. The molecule has 1 aliphatic carbocycles. The average Bonchev–Trinajstić information content (AvgIpc) is 3.62. The van der Waals surface area contributed by atoms with Crippen molar-refractivity contribution in [1.82, 2.24) is 15.0 Å². The first kappa shape index (κ1) is 25.5. The molecule has 4 aromatic heterocycles. The Balaban J connectivity index is 0.000000296. The summed E-state index contributed by atoms with van der Waals surface area (Å²) in [6, 6.07) is 26.9. The largest absolute Gasteiger partial charge is 0.486 e. The van der Waals surface area contributed by atoms with Gasteiger partial charge < -0.3 is 14.4 Å². The number of aryl methyl sites for hydroxylation is 4. The predicted molar refractivity (Wildman–Crippen MR) is 211 cm³/mol. The maximum Gasteiger partial charge on any atom is 0.248 e. The van der Waals surface area contributed by atoms with Gasteiger partial charge in [0.15, 0.2) is 0 Å². The Kier molecular flexibility index (Phi) is 7.39. The molecule has 1 fully saturated rings. The van der Waals surface area contributed by atoms with Crippen LogP contribution in [0.1, 0.15) is 104 Å². The van der Waals surface area contributed by atoms with Gasteiger partial charge in [-0.1, -0.05) is 75.0 Å². The molecule has 8 rings (SSSR count). The van der Waals surface area contributed by atoms with Crippen molar-refractivity contribution in [2.45, 2.75) is 91.1 Å². The van der Waals surface area contributed by atoms with E-state index < -0.39 is 52.1 Å². The molecule has 0 saturated heterocycles. The number of hydrogen-bond acceptors (Lipinski definition) is 4. The van der Waals surface area contributed by atoms with Crippen LogP contribution in [0.3, 0.4) is 0 Å². The van der Waals surface area contributed by atoms with Crippen LogP contribution in [0.2, 0.25) is 0 Å². The number of aromatic nitrogens is 3. The van der Waals surface area contributed by atoms with Gasteiger partial charge in [0.2, 0.25) is 11.6 Å². The van der Waals surface area contributed by atoms with Gasteiger partial charge in [-0.15, -0.1) is 53.6 Å². The molecule has 4 heterocycles. The van der Waals surface area contributed by atoms with Gasteiger partial charge in [-0.05, 0) is 102 Å². The number of fused-ring (bicyclic) bond motifs is 3. The minimum atomic E-state index is -2.88. The first-order valence-electron chi connectivity index (χ1n) is 23.7. The van der Waals surface area contributed by atoms with E-state index in [0.717, 1.165) is 17.5 Å². The van der Waals surface area contributed by atoms with E-state index >= 15 is 0 Å². The van der Waals surface area contributed by atoms with Gasteiger partial charge in [0.05, 0.1) is 5.58 Å². The van der Waals surface area contributed by atoms with E-state index in [2.05, 4.69) is 47.9 Å². The molecule has 7 heteroatoms. The molecule has 7 aromatic rings. The Morgan fingerprint density at radius 3 is 2.31 bits per heavy atom. The molecule has 4 nitrogen and oxygen atoms in total. The van der Waals surface area contributed by atoms with Crippen molar-refractivity contribution in [3.05, 3.63) is 137 Å². The molecule has 1 aliphatic rings. The third-order valence-electron chi connectivity index (χ3n) is 9.48. The van der Waals surface area contributed by atoms with Crippen LogP contribution in [0.25, 0.3) is 55.7 Å². The topological polar surface area (TPSA) is 51.8 Å². The number of furan rings is 1. The van der Waals surface area contributed by atoms with E-state index in [1.807, 2.05) is 18.3 Å². The summed E-state index contributed by atoms with van der Waals surface area (Å²) in [7, 11) is 0. The molecule has 3 aromatic carbocycles. The number of nitrogens with zero attached hydrogens (tertiary/aromatic N) is 3. The summed E-state index contributed by atoms with van der Waals surface area (Å²) >= 11 is 0. The predicted octanol–water partition coefficient (Wildman–Crippen LogP) is 12.9. The van der Waals surface area contributed by atoms with Crippen LogP contribution in [0.5, 0.6) is 0 Å². The number of halogens is 2. The first-order valence-corrected chi connectivity index (χ1v) is 17.2. The second kappa shape index (κ2) is 15.6. The van der Waals surface area contributed by atoms with Crippen molar-refractivity contribution >= 4 is 22.1 Å². The molecular formula is C47H45F2IrN3O-2. The zero-order chi connectivity index (χ0) is 48.4. The minimum absolute atomic E-state index is 0. The van der Waals surface area contributed by atoms with Crippen LogP contribution in [0, 0.1) is 39.5 Å². The fraction of sp³-hybridized carbons (Fsp3) is 0.298. The third kappa shape index (κ3) is 8.38. The number of hydrogen-bond donors (Lipinski definition) is 0. The van der Waals surface area contributed by atoms with Crippen LogP contribution in [0.15, 0.2) is 95.7 Å². The second-order valence-corrected chi connectivity index (χ2v) is 14.3. The van der Waals surface area contributed by atoms with Crippen molar-refractivity contribution in [1.29, 1.82) is 0 Å². The first-order chi connectivity index (χ1) is 30.4. The molecule has 0 unspecified atom stereocenters. The molecule has 0 amide bonds. The molecule has 0 atom stereocenters. The summed E-state index contributed by atoms with van der Waals surface area (Å²) in [6.07, 6.45) is 1.72. The minimum Gasteiger partial charge on any atom is -0.486 e. The summed E-state index contributed by atoms with van der Waals surface area (Å²) in [6.45, 7) is -3.56. The monoisotopic (exact) mass is 911 g/mol. The van der Waals surface area contributed by atoms with Gasteiger partial charge >= 0.3 is 0 Å². The van der Waals surface area contributed by atoms with Gasteiger partial charge in [-0.2, -0.15) is 0 Å². The van der Waals surface area contributed by atoms with Crippen molar-refractivity contribution in [2.24, 2.45) is 0 Å². The summed E-state index contributed by atoms with van der Waals surface area (Å²) < 4.78 is 137. The summed E-state index contributed by atoms with van der Waals surface area (Å²) in [5.41, 5.74) is 3.82. The molecule has 1 saturated carbocycles. The Morgan fingerprint density at radius 1 is 0.815 bits per heavy atom. The van der Waals surface area contributed by atoms with Crippen LogP contribution in [0.4, 0.5) is 8.78 Å². The number of alkyl halides is 2. The number of pyridine rings is 3. The average molecular weight is 911 g/mol. The van der Waals surface area contributed by atoms with E-state index in [9.17, 15) is 8.78 Å². The number of benzene rings is 3. The summed E-state index contributed by atoms with van der Waals surface area (Å²) in [5, 5.41) is 1.13. The van der Waals surface area contributed by atoms with Crippen molar-refractivity contribution in [2.75, 3.05) is 0 Å². The SMILES string of the molecule is [2H]C([2H])([2H])c1c[c-]c(-c2ccc(C(C)(C)C)cn2)cc1.[2H]C([2H])([2H])c1ccc2c(n1)oc1c(-c3cc(-c4ccc(C5([2H])CCC(F)(F)CC5)cc4C([2H])([2H])[2H])c(C([2H])([2H])[2H])cn3)[c-]ccc12.[Ir]. The Morgan fingerprint density at radius 2 is 1.63 bits per heavy atom. The van der Waals surface area contributed by atoms with Crippen LogP contribution in [-0.4, -0.2) is 20.9 Å². The number of rotatable bonds is 4. The van der Waals surface area contributed by atoms with E-state index in [0.29, 0.717) is 21.9 Å². The van der Waals surface area contributed by atoms with Gasteiger partial charge in [0, 0.05) is 74.2 Å². The Bertz CT molecular complexity index is 2840.